The van der Waals surface area contributed by atoms with Crippen LogP contribution in [0.25, 0.3) is 5.57 Å². The van der Waals surface area contributed by atoms with E-state index in [2.05, 4.69) is 5.32 Å². The number of nitrogens with zero attached hydrogens (tertiary/aromatic N) is 1. The molecule has 0 saturated carbocycles. The lowest BCUT2D eigenvalue weighted by Crippen LogP contribution is -2.37. The smallest absolute Gasteiger partial charge is 0.254 e. The van der Waals surface area contributed by atoms with Gasteiger partial charge in [0.05, 0.1) is 5.57 Å². The number of rotatable bonds is 5. The highest BCUT2D eigenvalue weighted by atomic mass is 19.1. The molecule has 1 aliphatic heterocycles. The van der Waals surface area contributed by atoms with Crippen molar-refractivity contribution in [3.63, 3.8) is 0 Å². The van der Waals surface area contributed by atoms with Gasteiger partial charge in [-0.15, -0.1) is 0 Å². The zero-order chi connectivity index (χ0) is 22.0. The average Bonchev–Trinajstić information content (AvgIpc) is 2.78. The van der Waals surface area contributed by atoms with Crippen LogP contribution in [0, 0.1) is 5.82 Å². The Hall–Kier alpha value is -3.73. The van der Waals surface area contributed by atoms with Crippen molar-refractivity contribution in [1.82, 2.24) is 5.32 Å². The lowest BCUT2D eigenvalue weighted by Gasteiger charge is -2.34. The van der Waals surface area contributed by atoms with Crippen molar-refractivity contribution >= 4 is 23.0 Å². The van der Waals surface area contributed by atoms with Crippen molar-refractivity contribution < 1.29 is 14.0 Å². The molecule has 0 bridgehead atoms. The predicted molar refractivity (Wildman–Crippen MR) is 120 cm³/mol. The molecule has 3 aromatic rings. The molecule has 4 rings (SSSR count). The summed E-state index contributed by atoms with van der Waals surface area (Å²) in [7, 11) is 0. The van der Waals surface area contributed by atoms with Gasteiger partial charge in [-0.05, 0) is 54.8 Å². The Labute approximate surface area is 181 Å². The first-order valence-corrected chi connectivity index (χ1v) is 10.1. The summed E-state index contributed by atoms with van der Waals surface area (Å²) in [5, 5.41) is 2.89. The second kappa shape index (κ2) is 8.56. The van der Waals surface area contributed by atoms with Crippen LogP contribution in [-0.2, 0) is 16.1 Å². The number of ketones is 1. The molecule has 1 N–H and O–H groups in total. The second-order valence-corrected chi connectivity index (χ2v) is 7.61. The third-order valence-electron chi connectivity index (χ3n) is 5.54. The SMILES string of the molecule is CC(=O)[C@@H](NC(=O)C1=C(C)N(c2ccccc2)Cc2cc(F)ccc21)c1ccccc1. The lowest BCUT2D eigenvalue weighted by atomic mass is 9.91. The summed E-state index contributed by atoms with van der Waals surface area (Å²) >= 11 is 0. The molecule has 156 valence electrons. The Morgan fingerprint density at radius 1 is 0.968 bits per heavy atom. The summed E-state index contributed by atoms with van der Waals surface area (Å²) in [6.45, 7) is 3.79. The van der Waals surface area contributed by atoms with Gasteiger partial charge in [0.2, 0.25) is 0 Å². The minimum absolute atomic E-state index is 0.159. The Bertz CT molecular complexity index is 1160. The molecular formula is C26H23FN2O2. The molecule has 0 aromatic heterocycles. The van der Waals surface area contributed by atoms with E-state index in [1.165, 1.54) is 19.1 Å². The number of fused-ring (bicyclic) bond motifs is 1. The number of Topliss-reactive ketones (excluding diaryl/α,β-unsaturated/α-hetero) is 1. The first-order valence-electron chi connectivity index (χ1n) is 10.1. The standard InChI is InChI=1S/C26H23FN2O2/c1-17-24(26(31)28-25(18(2)30)19-9-5-3-6-10-19)23-14-13-21(27)15-20(23)16-29(17)22-11-7-4-8-12-22/h3-15,25H,16H2,1-2H3,(H,28,31)/t25-/m1/s1. The second-order valence-electron chi connectivity index (χ2n) is 7.61. The summed E-state index contributed by atoms with van der Waals surface area (Å²) in [6, 6.07) is 22.5. The minimum Gasteiger partial charge on any atom is -0.340 e. The molecule has 1 aliphatic rings. The summed E-state index contributed by atoms with van der Waals surface area (Å²) in [6.07, 6.45) is 0. The fraction of sp³-hybridized carbons (Fsp3) is 0.154. The van der Waals surface area contributed by atoms with E-state index in [1.807, 2.05) is 72.5 Å². The van der Waals surface area contributed by atoms with Crippen LogP contribution in [0.2, 0.25) is 0 Å². The largest absolute Gasteiger partial charge is 0.340 e. The molecule has 0 saturated heterocycles. The maximum absolute atomic E-state index is 14.0. The number of carbonyl (C=O) groups excluding carboxylic acids is 2. The Morgan fingerprint density at radius 3 is 2.26 bits per heavy atom. The number of hydrogen-bond acceptors (Lipinski definition) is 3. The number of para-hydroxylation sites is 1. The van der Waals surface area contributed by atoms with Gasteiger partial charge in [0.1, 0.15) is 11.9 Å². The van der Waals surface area contributed by atoms with Crippen molar-refractivity contribution in [3.8, 4) is 0 Å². The van der Waals surface area contributed by atoms with E-state index in [0.717, 1.165) is 22.5 Å². The molecule has 1 heterocycles. The van der Waals surface area contributed by atoms with Gasteiger partial charge >= 0.3 is 0 Å². The Morgan fingerprint density at radius 2 is 1.61 bits per heavy atom. The maximum atomic E-state index is 14.0. The summed E-state index contributed by atoms with van der Waals surface area (Å²) in [5.74, 6) is -0.875. The third-order valence-corrected chi connectivity index (χ3v) is 5.54. The quantitative estimate of drug-likeness (QED) is 0.638. The predicted octanol–water partition coefficient (Wildman–Crippen LogP) is 5.02. The molecule has 0 radical (unpaired) electrons. The monoisotopic (exact) mass is 414 g/mol. The molecule has 31 heavy (non-hydrogen) atoms. The molecule has 3 aromatic carbocycles. The van der Waals surface area contributed by atoms with Gasteiger partial charge in [-0.25, -0.2) is 4.39 Å². The van der Waals surface area contributed by atoms with Crippen LogP contribution >= 0.6 is 0 Å². The van der Waals surface area contributed by atoms with Crippen molar-refractivity contribution in [1.29, 1.82) is 0 Å². The fourth-order valence-corrected chi connectivity index (χ4v) is 4.00. The normalized spacial score (nSPS) is 14.1. The highest BCUT2D eigenvalue weighted by Crippen LogP contribution is 2.35. The third kappa shape index (κ3) is 4.12. The topological polar surface area (TPSA) is 49.4 Å². The van der Waals surface area contributed by atoms with E-state index in [0.29, 0.717) is 17.7 Å². The Kier molecular flexibility index (Phi) is 5.67. The lowest BCUT2D eigenvalue weighted by molar-refractivity contribution is -0.124. The van der Waals surface area contributed by atoms with Gasteiger partial charge in [-0.3, -0.25) is 9.59 Å². The van der Waals surface area contributed by atoms with Crippen molar-refractivity contribution in [2.75, 3.05) is 4.90 Å². The van der Waals surface area contributed by atoms with Gasteiger partial charge in [-0.2, -0.15) is 0 Å². The van der Waals surface area contributed by atoms with Gasteiger partial charge in [0.15, 0.2) is 5.78 Å². The minimum atomic E-state index is -0.759. The first kappa shape index (κ1) is 20.5. The molecule has 5 heteroatoms. The molecule has 0 fully saturated rings. The van der Waals surface area contributed by atoms with Gasteiger partial charge in [0.25, 0.3) is 5.91 Å². The zero-order valence-corrected chi connectivity index (χ0v) is 17.4. The summed E-state index contributed by atoms with van der Waals surface area (Å²) in [5.41, 5.74) is 4.21. The molecule has 0 unspecified atom stereocenters. The van der Waals surface area contributed by atoms with E-state index < -0.39 is 6.04 Å². The van der Waals surface area contributed by atoms with Gasteiger partial charge in [0, 0.05) is 17.9 Å². The Balaban J connectivity index is 1.77. The number of halogens is 1. The zero-order valence-electron chi connectivity index (χ0n) is 17.4. The molecule has 4 nitrogen and oxygen atoms in total. The molecule has 1 atom stereocenters. The number of benzene rings is 3. The first-order chi connectivity index (χ1) is 15.0. The van der Waals surface area contributed by atoms with Crippen LogP contribution < -0.4 is 10.2 Å². The van der Waals surface area contributed by atoms with Crippen molar-refractivity contribution in [2.45, 2.75) is 26.4 Å². The number of amides is 1. The highest BCUT2D eigenvalue weighted by Gasteiger charge is 2.30. The van der Waals surface area contributed by atoms with E-state index in [4.69, 9.17) is 0 Å². The summed E-state index contributed by atoms with van der Waals surface area (Å²) in [4.78, 5) is 27.8. The van der Waals surface area contributed by atoms with Crippen LogP contribution in [-0.4, -0.2) is 11.7 Å². The maximum Gasteiger partial charge on any atom is 0.254 e. The number of nitrogens with one attached hydrogen (secondary N) is 1. The van der Waals surface area contributed by atoms with E-state index in [-0.39, 0.29) is 17.5 Å². The fourth-order valence-electron chi connectivity index (χ4n) is 4.00. The van der Waals surface area contributed by atoms with Crippen LogP contribution in [0.3, 0.4) is 0 Å². The molecule has 1 amide bonds. The highest BCUT2D eigenvalue weighted by molar-refractivity contribution is 6.22. The number of anilines is 1. The van der Waals surface area contributed by atoms with E-state index >= 15 is 0 Å². The number of carbonyl (C=O) groups is 2. The van der Waals surface area contributed by atoms with Crippen molar-refractivity contribution in [3.05, 3.63) is 107 Å². The van der Waals surface area contributed by atoms with Crippen molar-refractivity contribution in [2.24, 2.45) is 0 Å². The number of hydrogen-bond donors (Lipinski definition) is 1. The molecular weight excluding hydrogens is 391 g/mol. The van der Waals surface area contributed by atoms with Gasteiger partial charge in [-0.1, -0.05) is 54.6 Å². The molecule has 0 spiro atoms. The van der Waals surface area contributed by atoms with Crippen LogP contribution in [0.4, 0.5) is 10.1 Å². The van der Waals surface area contributed by atoms with Gasteiger partial charge < -0.3 is 10.2 Å². The average molecular weight is 414 g/mol. The van der Waals surface area contributed by atoms with Crippen LogP contribution in [0.5, 0.6) is 0 Å². The summed E-state index contributed by atoms with van der Waals surface area (Å²) < 4.78 is 14.0. The van der Waals surface area contributed by atoms with E-state index in [1.54, 1.807) is 6.07 Å². The van der Waals surface area contributed by atoms with E-state index in [9.17, 15) is 14.0 Å². The van der Waals surface area contributed by atoms with Crippen LogP contribution in [0.1, 0.15) is 36.6 Å². The number of allylic oxidation sites excluding steroid dienone is 1. The van der Waals surface area contributed by atoms with Crippen LogP contribution in [0.15, 0.2) is 84.6 Å². The molecule has 0 aliphatic carbocycles.